The normalized spacial score (nSPS) is 9.42. The van der Waals surface area contributed by atoms with Crippen LogP contribution in [0.4, 0.5) is 17.6 Å². The van der Waals surface area contributed by atoms with Gasteiger partial charge in [-0.05, 0) is 22.0 Å². The van der Waals surface area contributed by atoms with E-state index in [2.05, 4.69) is 15.9 Å². The predicted octanol–water partition coefficient (Wildman–Crippen LogP) is 2.85. The largest absolute Gasteiger partial charge is 2.00 e. The molecule has 0 aliphatic carbocycles. The first-order valence-corrected chi connectivity index (χ1v) is 3.32. The second kappa shape index (κ2) is 4.43. The van der Waals surface area contributed by atoms with Gasteiger partial charge in [-0.15, -0.1) is 0 Å². The molecule has 12 heavy (non-hydrogen) atoms. The number of hydrogen-bond acceptors (Lipinski definition) is 0. The van der Waals surface area contributed by atoms with Crippen LogP contribution in [0.5, 0.6) is 0 Å². The van der Waals surface area contributed by atoms with Crippen LogP contribution >= 0.6 is 15.9 Å². The Balaban J connectivity index is -0.000000403. The maximum Gasteiger partial charge on any atom is 2.00 e. The molecule has 0 heterocycles. The summed E-state index contributed by atoms with van der Waals surface area (Å²) < 4.78 is 48.5. The van der Waals surface area contributed by atoms with Crippen molar-refractivity contribution in [2.45, 2.75) is 0 Å². The minimum absolute atomic E-state index is 0. The van der Waals surface area contributed by atoms with Crippen molar-refractivity contribution in [1.82, 2.24) is 0 Å². The first-order valence-electron chi connectivity index (χ1n) is 2.52. The summed E-state index contributed by atoms with van der Waals surface area (Å²) in [5.41, 5.74) is 0. The number of hydrogen-bond donors (Lipinski definition) is 0. The smallest absolute Gasteiger partial charge is 1.00 e. The quantitative estimate of drug-likeness (QED) is 0.289. The summed E-state index contributed by atoms with van der Waals surface area (Å²) in [5, 5.41) is 0. The van der Waals surface area contributed by atoms with E-state index in [9.17, 15) is 17.6 Å². The molecule has 0 saturated carbocycles. The van der Waals surface area contributed by atoms with Gasteiger partial charge in [-0.25, -0.2) is 17.6 Å². The molecule has 1 aromatic rings. The molecule has 1 aromatic carbocycles. The maximum atomic E-state index is 12.3. The average molecular weight is 255 g/mol. The summed E-state index contributed by atoms with van der Waals surface area (Å²) in [6, 6.07) is 0.522. The molecule has 0 spiro atoms. The predicted molar refractivity (Wildman–Crippen MR) is 42.0 cm³/mol. The molecule has 0 saturated heterocycles. The van der Waals surface area contributed by atoms with Crippen molar-refractivity contribution in [3.05, 3.63) is 33.8 Å². The van der Waals surface area contributed by atoms with Gasteiger partial charge in [0.15, 0.2) is 23.3 Å². The minimum Gasteiger partial charge on any atom is -1.00 e. The number of halogens is 5. The van der Waals surface area contributed by atoms with Gasteiger partial charge in [-0.2, -0.15) is 0 Å². The Bertz CT molecular complexity index is 284. The van der Waals surface area contributed by atoms with Gasteiger partial charge in [-0.3, -0.25) is 0 Å². The summed E-state index contributed by atoms with van der Waals surface area (Å²) in [6.45, 7) is 0. The molecule has 0 nitrogen and oxygen atoms in total. The molecule has 64 valence electrons. The zero-order valence-corrected chi connectivity index (χ0v) is 8.67. The van der Waals surface area contributed by atoms with Crippen molar-refractivity contribution < 1.29 is 20.4 Å². The molecule has 0 bridgehead atoms. The molecule has 0 aromatic heterocycles. The zero-order chi connectivity index (χ0) is 8.59. The van der Waals surface area contributed by atoms with Gasteiger partial charge in [0, 0.05) is 0 Å². The molecule has 0 amide bonds. The van der Waals surface area contributed by atoms with E-state index >= 15 is 0 Å². The van der Waals surface area contributed by atoms with Gasteiger partial charge in [-0.1, -0.05) is 0 Å². The van der Waals surface area contributed by atoms with Gasteiger partial charge >= 0.3 is 23.1 Å². The van der Waals surface area contributed by atoms with Crippen molar-refractivity contribution in [1.29, 1.82) is 0 Å². The SMILES string of the molecule is Fc1cc(Br)c(F)c(F)c1F.[H-].[H-].[Mg+2]. The van der Waals surface area contributed by atoms with Crippen LogP contribution in [-0.4, -0.2) is 23.1 Å². The van der Waals surface area contributed by atoms with E-state index in [0.29, 0.717) is 6.07 Å². The van der Waals surface area contributed by atoms with E-state index in [1.54, 1.807) is 0 Å². The van der Waals surface area contributed by atoms with Crippen LogP contribution in [0.1, 0.15) is 2.85 Å². The van der Waals surface area contributed by atoms with Crippen molar-refractivity contribution in [2.75, 3.05) is 0 Å². The third-order valence-corrected chi connectivity index (χ3v) is 1.64. The zero-order valence-electron chi connectivity index (χ0n) is 7.67. The summed E-state index contributed by atoms with van der Waals surface area (Å²) >= 11 is 2.51. The fraction of sp³-hybridized carbons (Fsp3) is 0. The maximum absolute atomic E-state index is 12.3. The summed E-state index contributed by atoms with van der Waals surface area (Å²) in [5.74, 6) is -6.46. The van der Waals surface area contributed by atoms with E-state index < -0.39 is 27.7 Å². The molecule has 0 aliphatic heterocycles. The Morgan fingerprint density at radius 2 is 1.50 bits per heavy atom. The Morgan fingerprint density at radius 1 is 1.00 bits per heavy atom. The van der Waals surface area contributed by atoms with Crippen LogP contribution in [0.2, 0.25) is 0 Å². The minimum atomic E-state index is -1.81. The number of rotatable bonds is 0. The topological polar surface area (TPSA) is 0 Å². The Morgan fingerprint density at radius 3 is 2.00 bits per heavy atom. The van der Waals surface area contributed by atoms with Gasteiger partial charge in [0.2, 0.25) is 0 Å². The van der Waals surface area contributed by atoms with E-state index in [1.807, 2.05) is 0 Å². The third-order valence-electron chi connectivity index (χ3n) is 1.06. The fourth-order valence-electron chi connectivity index (χ4n) is 0.544. The summed E-state index contributed by atoms with van der Waals surface area (Å²) in [4.78, 5) is 0. The Kier molecular flexibility index (Phi) is 4.50. The molecule has 0 aliphatic rings. The monoisotopic (exact) mass is 254 g/mol. The molecular formula is C6H3BrF4Mg. The van der Waals surface area contributed by atoms with Crippen molar-refractivity contribution in [3.63, 3.8) is 0 Å². The molecule has 0 unspecified atom stereocenters. The van der Waals surface area contributed by atoms with Crippen molar-refractivity contribution in [3.8, 4) is 0 Å². The van der Waals surface area contributed by atoms with Crippen LogP contribution in [0, 0.1) is 23.3 Å². The summed E-state index contributed by atoms with van der Waals surface area (Å²) in [7, 11) is 0. The van der Waals surface area contributed by atoms with Gasteiger partial charge in [0.05, 0.1) is 4.47 Å². The molecule has 6 heteroatoms. The van der Waals surface area contributed by atoms with Crippen LogP contribution in [0.15, 0.2) is 10.5 Å². The average Bonchev–Trinajstić information content (AvgIpc) is 1.97. The second-order valence-corrected chi connectivity index (χ2v) is 2.64. The molecule has 0 atom stereocenters. The number of benzene rings is 1. The molecule has 1 rings (SSSR count). The van der Waals surface area contributed by atoms with E-state index in [1.165, 1.54) is 0 Å². The van der Waals surface area contributed by atoms with Gasteiger partial charge in [0.1, 0.15) is 0 Å². The van der Waals surface area contributed by atoms with Crippen molar-refractivity contribution >= 4 is 39.0 Å². The third kappa shape index (κ3) is 2.11. The Labute approximate surface area is 93.2 Å². The second-order valence-electron chi connectivity index (χ2n) is 1.78. The van der Waals surface area contributed by atoms with Gasteiger partial charge < -0.3 is 2.85 Å². The van der Waals surface area contributed by atoms with Crippen LogP contribution < -0.4 is 0 Å². The first-order chi connectivity index (χ1) is 5.04. The van der Waals surface area contributed by atoms with Crippen LogP contribution in [0.25, 0.3) is 0 Å². The first kappa shape index (κ1) is 12.2. The van der Waals surface area contributed by atoms with E-state index in [0.717, 1.165) is 0 Å². The van der Waals surface area contributed by atoms with E-state index in [4.69, 9.17) is 0 Å². The van der Waals surface area contributed by atoms with Crippen LogP contribution in [0.3, 0.4) is 0 Å². The van der Waals surface area contributed by atoms with E-state index in [-0.39, 0.29) is 25.9 Å². The van der Waals surface area contributed by atoms with Crippen LogP contribution in [-0.2, 0) is 0 Å². The molecule has 0 fully saturated rings. The summed E-state index contributed by atoms with van der Waals surface area (Å²) in [6.07, 6.45) is 0. The molecule has 0 N–H and O–H groups in total. The molecule has 0 radical (unpaired) electrons. The fourth-order valence-corrected chi connectivity index (χ4v) is 0.919. The van der Waals surface area contributed by atoms with Gasteiger partial charge in [0.25, 0.3) is 0 Å². The van der Waals surface area contributed by atoms with Crippen molar-refractivity contribution in [2.24, 2.45) is 0 Å². The Hall–Kier alpha value is 0.186. The molecular weight excluding hydrogens is 252 g/mol. The standard InChI is InChI=1S/C6HBrF4.Mg.2H/c7-2-1-3(8)5(10)6(11)4(2)9;;;/h1H;;;/q;+2;2*-1.